The van der Waals surface area contributed by atoms with Crippen LogP contribution in [0, 0.1) is 0 Å². The van der Waals surface area contributed by atoms with E-state index in [0.29, 0.717) is 0 Å². The van der Waals surface area contributed by atoms with E-state index in [4.69, 9.17) is 0 Å². The van der Waals surface area contributed by atoms with E-state index >= 15 is 0 Å². The van der Waals surface area contributed by atoms with Crippen molar-refractivity contribution in [2.75, 3.05) is 4.90 Å². The number of benzene rings is 10. The average molecular weight is 727 g/mol. The maximum absolute atomic E-state index is 2.47. The molecule has 0 N–H and O–H groups in total. The van der Waals surface area contributed by atoms with Crippen molar-refractivity contribution >= 4 is 71.2 Å². The van der Waals surface area contributed by atoms with Crippen molar-refractivity contribution in [3.8, 4) is 27.9 Å². The number of rotatable bonds is 5. The van der Waals surface area contributed by atoms with Gasteiger partial charge in [0.15, 0.2) is 0 Å². The van der Waals surface area contributed by atoms with Gasteiger partial charge >= 0.3 is 0 Å². The standard InChI is InChI=1S/C55H38N2/c1-55(2)48-32-36(24-28-43(48)44-31-26-41(34-49(44)55)56(38-14-6-3-7-15-38)39-16-8-4-9-17-39)42-27-22-35-23-30-47-53-37(25-29-45(42)52(35)53)33-51-54(47)46-20-12-13-21-50(46)57(51)40-18-10-5-11-19-40/h3-34H,1-2H3. The van der Waals surface area contributed by atoms with E-state index in [-0.39, 0.29) is 5.41 Å². The summed E-state index contributed by atoms with van der Waals surface area (Å²) in [6.45, 7) is 4.78. The first kappa shape index (κ1) is 32.1. The first-order valence-corrected chi connectivity index (χ1v) is 19.9. The lowest BCUT2D eigenvalue weighted by atomic mass is 9.81. The molecule has 0 saturated carbocycles. The minimum absolute atomic E-state index is 0.182. The van der Waals surface area contributed by atoms with Gasteiger partial charge in [0.1, 0.15) is 0 Å². The second-order valence-electron chi connectivity index (χ2n) is 16.1. The van der Waals surface area contributed by atoms with E-state index in [1.165, 1.54) is 98.9 Å². The fraction of sp³-hybridized carbons (Fsp3) is 0.0545. The third-order valence-corrected chi connectivity index (χ3v) is 12.7. The first-order valence-electron chi connectivity index (χ1n) is 19.9. The highest BCUT2D eigenvalue weighted by Crippen LogP contribution is 2.52. The van der Waals surface area contributed by atoms with E-state index in [0.717, 1.165) is 11.4 Å². The summed E-state index contributed by atoms with van der Waals surface area (Å²) >= 11 is 0. The summed E-state index contributed by atoms with van der Waals surface area (Å²) in [5.74, 6) is 0. The maximum Gasteiger partial charge on any atom is 0.0553 e. The third-order valence-electron chi connectivity index (χ3n) is 12.7. The predicted molar refractivity (Wildman–Crippen MR) is 242 cm³/mol. The summed E-state index contributed by atoms with van der Waals surface area (Å²) in [7, 11) is 0. The van der Waals surface area contributed by atoms with Gasteiger partial charge in [-0.3, -0.25) is 0 Å². The molecule has 0 spiro atoms. The van der Waals surface area contributed by atoms with Gasteiger partial charge in [0.05, 0.1) is 11.0 Å². The van der Waals surface area contributed by atoms with Crippen LogP contribution in [0.4, 0.5) is 17.1 Å². The summed E-state index contributed by atoms with van der Waals surface area (Å²) in [6.07, 6.45) is 0. The molecule has 1 aliphatic rings. The van der Waals surface area contributed by atoms with Gasteiger partial charge in [0.25, 0.3) is 0 Å². The Balaban J connectivity index is 1.02. The largest absolute Gasteiger partial charge is 0.310 e. The summed E-state index contributed by atoms with van der Waals surface area (Å²) < 4.78 is 2.43. The normalized spacial score (nSPS) is 13.2. The smallest absolute Gasteiger partial charge is 0.0553 e. The van der Waals surface area contributed by atoms with Crippen LogP contribution in [0.2, 0.25) is 0 Å². The van der Waals surface area contributed by atoms with Crippen molar-refractivity contribution in [2.24, 2.45) is 0 Å². The number of anilines is 3. The van der Waals surface area contributed by atoms with E-state index < -0.39 is 0 Å². The molecule has 1 aliphatic carbocycles. The van der Waals surface area contributed by atoms with Gasteiger partial charge in [0, 0.05) is 38.9 Å². The molecule has 0 atom stereocenters. The molecule has 2 heteroatoms. The molecular formula is C55H38N2. The molecule has 0 fully saturated rings. The van der Waals surface area contributed by atoms with Crippen molar-refractivity contribution in [3.63, 3.8) is 0 Å². The van der Waals surface area contributed by atoms with Crippen molar-refractivity contribution < 1.29 is 0 Å². The van der Waals surface area contributed by atoms with Crippen LogP contribution < -0.4 is 4.90 Å². The van der Waals surface area contributed by atoms with E-state index in [2.05, 4.69) is 217 Å². The zero-order chi connectivity index (χ0) is 37.8. The Morgan fingerprint density at radius 1 is 0.386 bits per heavy atom. The summed E-state index contributed by atoms with van der Waals surface area (Å²) in [6, 6.07) is 71.7. The number of fused-ring (bicyclic) bond motifs is 7. The molecule has 1 heterocycles. The lowest BCUT2D eigenvalue weighted by Crippen LogP contribution is -2.16. The Morgan fingerprint density at radius 3 is 1.72 bits per heavy atom. The Kier molecular flexibility index (Phi) is 6.72. The Hall–Kier alpha value is -7.16. The molecule has 268 valence electrons. The minimum atomic E-state index is -0.182. The van der Waals surface area contributed by atoms with Gasteiger partial charge in [0.2, 0.25) is 0 Å². The van der Waals surface area contributed by atoms with Crippen LogP contribution in [-0.2, 0) is 5.41 Å². The van der Waals surface area contributed by atoms with Gasteiger partial charge in [-0.05, 0) is 132 Å². The van der Waals surface area contributed by atoms with Gasteiger partial charge in [-0.25, -0.2) is 0 Å². The number of nitrogens with zero attached hydrogens (tertiary/aromatic N) is 2. The number of hydrogen-bond donors (Lipinski definition) is 0. The highest BCUT2D eigenvalue weighted by Gasteiger charge is 2.36. The van der Waals surface area contributed by atoms with Crippen molar-refractivity contribution in [1.29, 1.82) is 0 Å². The lowest BCUT2D eigenvalue weighted by molar-refractivity contribution is 0.660. The molecule has 0 aliphatic heterocycles. The second-order valence-corrected chi connectivity index (χ2v) is 16.1. The highest BCUT2D eigenvalue weighted by atomic mass is 15.1. The monoisotopic (exact) mass is 726 g/mol. The molecular weight excluding hydrogens is 689 g/mol. The topological polar surface area (TPSA) is 8.17 Å². The molecule has 1 aromatic heterocycles. The molecule has 0 saturated heterocycles. The zero-order valence-electron chi connectivity index (χ0n) is 31.9. The second kappa shape index (κ2) is 11.9. The summed E-state index contributed by atoms with van der Waals surface area (Å²) in [4.78, 5) is 2.36. The molecule has 0 radical (unpaired) electrons. The van der Waals surface area contributed by atoms with Gasteiger partial charge in [-0.1, -0.05) is 141 Å². The maximum atomic E-state index is 2.47. The molecule has 0 unspecified atom stereocenters. The highest BCUT2D eigenvalue weighted by molar-refractivity contribution is 6.34. The molecule has 57 heavy (non-hydrogen) atoms. The molecule has 0 amide bonds. The SMILES string of the molecule is CC1(C)c2cc(-c3ccc4ccc5c6c(ccc3c46)cc3c5c4ccccc4n3-c3ccccc3)ccc2-c2ccc(N(c3ccccc3)c3ccccc3)cc21. The zero-order valence-corrected chi connectivity index (χ0v) is 31.9. The van der Waals surface area contributed by atoms with Crippen molar-refractivity contribution in [1.82, 2.24) is 4.57 Å². The van der Waals surface area contributed by atoms with Gasteiger partial charge in [-0.15, -0.1) is 0 Å². The quantitative estimate of drug-likeness (QED) is 0.160. The fourth-order valence-electron chi connectivity index (χ4n) is 10.1. The van der Waals surface area contributed by atoms with Gasteiger partial charge < -0.3 is 9.47 Å². The third kappa shape index (κ3) is 4.59. The van der Waals surface area contributed by atoms with Crippen LogP contribution in [0.25, 0.3) is 82.1 Å². The molecule has 12 rings (SSSR count). The molecule has 0 bridgehead atoms. The first-order chi connectivity index (χ1) is 28.0. The molecule has 11 aromatic rings. The van der Waals surface area contributed by atoms with Crippen LogP contribution in [0.3, 0.4) is 0 Å². The lowest BCUT2D eigenvalue weighted by Gasteiger charge is -2.28. The summed E-state index contributed by atoms with van der Waals surface area (Å²) in [5.41, 5.74) is 14.9. The number of para-hydroxylation sites is 4. The van der Waals surface area contributed by atoms with Crippen LogP contribution in [0.1, 0.15) is 25.0 Å². The Bertz CT molecular complexity index is 3320. The van der Waals surface area contributed by atoms with Crippen LogP contribution in [0.5, 0.6) is 0 Å². The Labute approximate surface area is 331 Å². The molecule has 10 aromatic carbocycles. The Morgan fingerprint density at radius 2 is 0.965 bits per heavy atom. The van der Waals surface area contributed by atoms with Crippen molar-refractivity contribution in [3.05, 3.63) is 205 Å². The number of hydrogen-bond acceptors (Lipinski definition) is 1. The minimum Gasteiger partial charge on any atom is -0.310 e. The average Bonchev–Trinajstić information content (AvgIpc) is 3.71. The van der Waals surface area contributed by atoms with Crippen LogP contribution in [-0.4, -0.2) is 4.57 Å². The fourth-order valence-corrected chi connectivity index (χ4v) is 10.1. The van der Waals surface area contributed by atoms with Crippen LogP contribution in [0.15, 0.2) is 194 Å². The van der Waals surface area contributed by atoms with Crippen LogP contribution >= 0.6 is 0 Å². The van der Waals surface area contributed by atoms with Crippen molar-refractivity contribution in [2.45, 2.75) is 19.3 Å². The van der Waals surface area contributed by atoms with E-state index in [1.807, 2.05) is 0 Å². The van der Waals surface area contributed by atoms with E-state index in [9.17, 15) is 0 Å². The molecule has 2 nitrogen and oxygen atoms in total. The predicted octanol–water partition coefficient (Wildman–Crippen LogP) is 15.1. The number of aromatic nitrogens is 1. The van der Waals surface area contributed by atoms with E-state index in [1.54, 1.807) is 0 Å². The summed E-state index contributed by atoms with van der Waals surface area (Å²) in [5, 5.41) is 10.5. The van der Waals surface area contributed by atoms with Gasteiger partial charge in [-0.2, -0.15) is 0 Å².